The lowest BCUT2D eigenvalue weighted by Gasteiger charge is -2.31. The van der Waals surface area contributed by atoms with Gasteiger partial charge in [-0.25, -0.2) is 0 Å². The highest BCUT2D eigenvalue weighted by Crippen LogP contribution is 2.34. The number of carbonyl (C=O) groups excluding carboxylic acids is 2. The first-order valence-electron chi connectivity index (χ1n) is 8.93. The fourth-order valence-corrected chi connectivity index (χ4v) is 4.16. The van der Waals surface area contributed by atoms with Crippen molar-refractivity contribution in [1.82, 2.24) is 10.2 Å². The van der Waals surface area contributed by atoms with Gasteiger partial charge in [-0.05, 0) is 24.0 Å². The van der Waals surface area contributed by atoms with Gasteiger partial charge in [-0.15, -0.1) is 0 Å². The molecular weight excluding hydrogens is 312 g/mol. The first-order chi connectivity index (χ1) is 12.2. The first-order valence-corrected chi connectivity index (χ1v) is 8.93. The van der Waals surface area contributed by atoms with E-state index in [9.17, 15) is 9.59 Å². The fraction of sp³-hybridized carbons (Fsp3) is 0.333. The minimum atomic E-state index is -0.321. The molecule has 2 bridgehead atoms. The molecule has 4 rings (SSSR count). The summed E-state index contributed by atoms with van der Waals surface area (Å²) in [7, 11) is 0. The number of fused-ring (bicyclic) bond motifs is 2. The Morgan fingerprint density at radius 3 is 2.08 bits per heavy atom. The van der Waals surface area contributed by atoms with Crippen molar-refractivity contribution in [1.29, 1.82) is 0 Å². The molecule has 25 heavy (non-hydrogen) atoms. The summed E-state index contributed by atoms with van der Waals surface area (Å²) >= 11 is 0. The molecule has 2 fully saturated rings. The minimum Gasteiger partial charge on any atom is -0.354 e. The summed E-state index contributed by atoms with van der Waals surface area (Å²) in [6, 6.07) is 20.0. The van der Waals surface area contributed by atoms with Crippen molar-refractivity contribution in [2.45, 2.75) is 37.3 Å². The Balaban J connectivity index is 1.72. The molecule has 2 aromatic rings. The number of hydrogen-bond donors (Lipinski definition) is 1. The van der Waals surface area contributed by atoms with Gasteiger partial charge in [0.2, 0.25) is 11.8 Å². The standard InChI is InChI=1S/C21H22N2O2/c24-19-13-17-11-12-18(14-22-19)23(17)21(25)20(15-7-3-1-4-8-15)16-9-5-2-6-10-16/h1-10,17-18,20H,11-14H2,(H,22,24)/t17-,18+/m1/s1. The zero-order chi connectivity index (χ0) is 17.2. The van der Waals surface area contributed by atoms with E-state index in [-0.39, 0.29) is 29.8 Å². The van der Waals surface area contributed by atoms with Crippen LogP contribution in [-0.2, 0) is 9.59 Å². The van der Waals surface area contributed by atoms with Gasteiger partial charge >= 0.3 is 0 Å². The predicted octanol–water partition coefficient (Wildman–Crippen LogP) is 2.70. The predicted molar refractivity (Wildman–Crippen MR) is 96.0 cm³/mol. The van der Waals surface area contributed by atoms with E-state index in [4.69, 9.17) is 0 Å². The van der Waals surface area contributed by atoms with Gasteiger partial charge < -0.3 is 10.2 Å². The summed E-state index contributed by atoms with van der Waals surface area (Å²) in [5.41, 5.74) is 2.00. The van der Waals surface area contributed by atoms with Crippen molar-refractivity contribution in [3.8, 4) is 0 Å². The van der Waals surface area contributed by atoms with E-state index in [2.05, 4.69) is 5.32 Å². The average molecular weight is 334 g/mol. The molecule has 0 aliphatic carbocycles. The van der Waals surface area contributed by atoms with Crippen LogP contribution in [0.5, 0.6) is 0 Å². The Kier molecular flexibility index (Phi) is 4.26. The molecule has 2 aliphatic heterocycles. The maximum atomic E-state index is 13.6. The molecule has 2 aliphatic rings. The summed E-state index contributed by atoms with van der Waals surface area (Å²) in [5.74, 6) is -0.152. The topological polar surface area (TPSA) is 49.4 Å². The van der Waals surface area contributed by atoms with Gasteiger partial charge in [0.1, 0.15) is 0 Å². The number of amides is 2. The van der Waals surface area contributed by atoms with Crippen LogP contribution < -0.4 is 5.32 Å². The summed E-state index contributed by atoms with van der Waals surface area (Å²) in [5, 5.41) is 2.95. The highest BCUT2D eigenvalue weighted by Gasteiger charge is 2.42. The third kappa shape index (κ3) is 3.04. The van der Waals surface area contributed by atoms with Crippen molar-refractivity contribution in [3.05, 3.63) is 71.8 Å². The minimum absolute atomic E-state index is 0.0231. The van der Waals surface area contributed by atoms with Gasteiger partial charge in [0.05, 0.1) is 5.92 Å². The number of rotatable bonds is 3. The number of benzene rings is 2. The van der Waals surface area contributed by atoms with E-state index >= 15 is 0 Å². The second kappa shape index (κ2) is 6.71. The van der Waals surface area contributed by atoms with Crippen LogP contribution >= 0.6 is 0 Å². The molecule has 4 heteroatoms. The Hall–Kier alpha value is -2.62. The molecule has 2 heterocycles. The van der Waals surface area contributed by atoms with Crippen LogP contribution in [0.1, 0.15) is 36.3 Å². The Morgan fingerprint density at radius 2 is 1.48 bits per heavy atom. The van der Waals surface area contributed by atoms with Gasteiger partial charge in [-0.1, -0.05) is 60.7 Å². The summed E-state index contributed by atoms with van der Waals surface area (Å²) in [6.45, 7) is 0.567. The Bertz CT molecular complexity index is 720. The van der Waals surface area contributed by atoms with Gasteiger partial charge in [0, 0.05) is 25.0 Å². The molecule has 0 unspecified atom stereocenters. The molecule has 1 N–H and O–H groups in total. The average Bonchev–Trinajstić information content (AvgIpc) is 2.95. The molecule has 0 radical (unpaired) electrons. The van der Waals surface area contributed by atoms with E-state index in [0.29, 0.717) is 13.0 Å². The largest absolute Gasteiger partial charge is 0.354 e. The van der Waals surface area contributed by atoms with Crippen molar-refractivity contribution < 1.29 is 9.59 Å². The molecular formula is C21H22N2O2. The second-order valence-corrected chi connectivity index (χ2v) is 6.89. The Morgan fingerprint density at radius 1 is 0.920 bits per heavy atom. The first kappa shape index (κ1) is 15.9. The number of nitrogens with zero attached hydrogens (tertiary/aromatic N) is 1. The van der Waals surface area contributed by atoms with Gasteiger partial charge in [-0.2, -0.15) is 0 Å². The normalized spacial score (nSPS) is 22.6. The van der Waals surface area contributed by atoms with Crippen LogP contribution in [0.4, 0.5) is 0 Å². The van der Waals surface area contributed by atoms with Crippen LogP contribution in [0.25, 0.3) is 0 Å². The van der Waals surface area contributed by atoms with E-state index in [1.165, 1.54) is 0 Å². The van der Waals surface area contributed by atoms with Crippen LogP contribution in [-0.4, -0.2) is 35.3 Å². The molecule has 4 nitrogen and oxygen atoms in total. The quantitative estimate of drug-likeness (QED) is 0.938. The Labute approximate surface area is 147 Å². The van der Waals surface area contributed by atoms with Gasteiger partial charge in [-0.3, -0.25) is 9.59 Å². The summed E-state index contributed by atoms with van der Waals surface area (Å²) < 4.78 is 0. The van der Waals surface area contributed by atoms with Crippen molar-refractivity contribution >= 4 is 11.8 Å². The van der Waals surface area contributed by atoms with Crippen molar-refractivity contribution in [2.75, 3.05) is 6.54 Å². The number of nitrogens with one attached hydrogen (secondary N) is 1. The molecule has 0 saturated carbocycles. The monoisotopic (exact) mass is 334 g/mol. The lowest BCUT2D eigenvalue weighted by molar-refractivity contribution is -0.134. The third-order valence-corrected chi connectivity index (χ3v) is 5.34. The summed E-state index contributed by atoms with van der Waals surface area (Å²) in [4.78, 5) is 27.5. The van der Waals surface area contributed by atoms with Crippen LogP contribution in [0, 0.1) is 0 Å². The van der Waals surface area contributed by atoms with Crippen molar-refractivity contribution in [3.63, 3.8) is 0 Å². The van der Waals surface area contributed by atoms with E-state index in [0.717, 1.165) is 24.0 Å². The van der Waals surface area contributed by atoms with Gasteiger partial charge in [0.15, 0.2) is 0 Å². The molecule has 0 spiro atoms. The highest BCUT2D eigenvalue weighted by molar-refractivity contribution is 5.89. The maximum Gasteiger partial charge on any atom is 0.235 e. The zero-order valence-corrected chi connectivity index (χ0v) is 14.1. The molecule has 2 aromatic carbocycles. The molecule has 2 atom stereocenters. The summed E-state index contributed by atoms with van der Waals surface area (Å²) in [6.07, 6.45) is 2.30. The molecule has 2 amide bonds. The smallest absolute Gasteiger partial charge is 0.235 e. The van der Waals surface area contributed by atoms with Crippen LogP contribution in [0.2, 0.25) is 0 Å². The highest BCUT2D eigenvalue weighted by atomic mass is 16.2. The number of hydrogen-bond acceptors (Lipinski definition) is 2. The molecule has 0 aromatic heterocycles. The lowest BCUT2D eigenvalue weighted by atomic mass is 9.89. The molecule has 2 saturated heterocycles. The van der Waals surface area contributed by atoms with E-state index < -0.39 is 0 Å². The van der Waals surface area contributed by atoms with Gasteiger partial charge in [0.25, 0.3) is 0 Å². The second-order valence-electron chi connectivity index (χ2n) is 6.89. The van der Waals surface area contributed by atoms with Crippen molar-refractivity contribution in [2.24, 2.45) is 0 Å². The third-order valence-electron chi connectivity index (χ3n) is 5.34. The fourth-order valence-electron chi connectivity index (χ4n) is 4.16. The van der Waals surface area contributed by atoms with Crippen LogP contribution in [0.15, 0.2) is 60.7 Å². The SMILES string of the molecule is O=C1C[C@H]2CC[C@@H](CN1)N2C(=O)C(c1ccccc1)c1ccccc1. The molecule has 128 valence electrons. The van der Waals surface area contributed by atoms with E-state index in [1.807, 2.05) is 65.6 Å². The zero-order valence-electron chi connectivity index (χ0n) is 14.1. The van der Waals surface area contributed by atoms with E-state index in [1.54, 1.807) is 0 Å². The van der Waals surface area contributed by atoms with Crippen LogP contribution in [0.3, 0.4) is 0 Å². The maximum absolute atomic E-state index is 13.6. The number of carbonyl (C=O) groups is 2. The lowest BCUT2D eigenvalue weighted by Crippen LogP contribution is -2.45.